The van der Waals surface area contributed by atoms with E-state index >= 15 is 0 Å². The maximum absolute atomic E-state index is 14.5. The summed E-state index contributed by atoms with van der Waals surface area (Å²) < 4.78 is 4.65. The number of anilines is 1. The number of ether oxygens (including phenoxy) is 1. The van der Waals surface area contributed by atoms with E-state index in [0.717, 1.165) is 16.8 Å². The normalized spacial score (nSPS) is 30.3. The van der Waals surface area contributed by atoms with Gasteiger partial charge in [-0.15, -0.1) is 18.3 Å². The molecule has 4 rings (SSSR count). The molecule has 9 heteroatoms. The zero-order valence-corrected chi connectivity index (χ0v) is 23.1. The van der Waals surface area contributed by atoms with Crippen molar-refractivity contribution in [2.45, 2.75) is 47.6 Å². The van der Waals surface area contributed by atoms with Crippen LogP contribution in [0, 0.1) is 25.7 Å². The number of halogens is 1. The predicted molar refractivity (Wildman–Crippen MR) is 145 cm³/mol. The molecular formula is C27H33BrN2O5S. The fraction of sp³-hybridized carbons (Fsp3) is 0.519. The summed E-state index contributed by atoms with van der Waals surface area (Å²) in [6.45, 7) is 11.9. The van der Waals surface area contributed by atoms with Gasteiger partial charge < -0.3 is 19.6 Å². The Morgan fingerprint density at radius 3 is 2.61 bits per heavy atom. The lowest BCUT2D eigenvalue weighted by atomic mass is 9.71. The first kappa shape index (κ1) is 26.9. The van der Waals surface area contributed by atoms with Crippen LogP contribution >= 0.6 is 27.7 Å². The van der Waals surface area contributed by atoms with Crippen molar-refractivity contribution < 1.29 is 24.2 Å². The number of aliphatic hydroxyl groups is 1. The lowest BCUT2D eigenvalue weighted by Gasteiger charge is -2.38. The van der Waals surface area contributed by atoms with Crippen LogP contribution in [0.3, 0.4) is 0 Å². The van der Waals surface area contributed by atoms with E-state index in [9.17, 15) is 19.5 Å². The molecule has 2 bridgehead atoms. The van der Waals surface area contributed by atoms with Crippen LogP contribution in [0.25, 0.3) is 0 Å². The quantitative estimate of drug-likeness (QED) is 0.261. The number of hydrogen-bond acceptors (Lipinski definition) is 6. The number of likely N-dealkylation sites (tertiary alicyclic amines) is 1. The fourth-order valence-electron chi connectivity index (χ4n) is 6.20. The number of esters is 1. The van der Waals surface area contributed by atoms with E-state index in [4.69, 9.17) is 4.74 Å². The number of thioether (sulfide) groups is 1. The van der Waals surface area contributed by atoms with Crippen LogP contribution in [0.2, 0.25) is 0 Å². The second-order valence-electron chi connectivity index (χ2n) is 9.67. The number of carbonyl (C=O) groups is 3. The molecule has 0 aromatic heterocycles. The van der Waals surface area contributed by atoms with Gasteiger partial charge in [0.15, 0.2) is 0 Å². The molecule has 2 amide bonds. The molecule has 3 heterocycles. The van der Waals surface area contributed by atoms with E-state index in [1.165, 1.54) is 6.08 Å². The highest BCUT2D eigenvalue weighted by molar-refractivity contribution is 9.09. The molecule has 7 nitrogen and oxygen atoms in total. The van der Waals surface area contributed by atoms with Gasteiger partial charge in [-0.3, -0.25) is 14.4 Å². The molecule has 1 spiro atoms. The Balaban J connectivity index is 1.81. The molecule has 3 unspecified atom stereocenters. The fourth-order valence-corrected chi connectivity index (χ4v) is 9.79. The number of rotatable bonds is 10. The average molecular weight is 578 g/mol. The SMILES string of the molecule is C=CCOC(=O)[C@H]1[C@H]2C(=O)N(CCCO)C(C(=O)N(CC=C)c3c(C)cccc3C)C23CC(Br)[C@@H]1S3. The largest absolute Gasteiger partial charge is 0.461 e. The Bertz CT molecular complexity index is 1060. The highest BCUT2D eigenvalue weighted by Crippen LogP contribution is 2.68. The number of aryl methyl sites for hydroxylation is 2. The third-order valence-corrected chi connectivity index (χ3v) is 10.7. The number of benzene rings is 1. The number of fused-ring (bicyclic) bond motifs is 1. The smallest absolute Gasteiger partial charge is 0.311 e. The molecule has 3 aliphatic rings. The van der Waals surface area contributed by atoms with Gasteiger partial charge in [-0.05, 0) is 37.8 Å². The van der Waals surface area contributed by atoms with Gasteiger partial charge in [-0.2, -0.15) is 0 Å². The predicted octanol–water partition coefficient (Wildman–Crippen LogP) is 3.40. The summed E-state index contributed by atoms with van der Waals surface area (Å²) in [5, 5.41) is 9.38. The van der Waals surface area contributed by atoms with Crippen LogP contribution < -0.4 is 4.90 Å². The minimum atomic E-state index is -0.771. The second-order valence-corrected chi connectivity index (χ2v) is 12.4. The molecule has 1 aromatic carbocycles. The number of carbonyl (C=O) groups excluding carboxylic acids is 3. The summed E-state index contributed by atoms with van der Waals surface area (Å²) in [5.41, 5.74) is 2.72. The molecule has 194 valence electrons. The molecule has 0 radical (unpaired) electrons. The Morgan fingerprint density at radius 2 is 2.00 bits per heavy atom. The van der Waals surface area contributed by atoms with Gasteiger partial charge in [0.1, 0.15) is 12.6 Å². The molecule has 3 saturated heterocycles. The maximum Gasteiger partial charge on any atom is 0.311 e. The van der Waals surface area contributed by atoms with E-state index in [1.807, 2.05) is 32.0 Å². The van der Waals surface area contributed by atoms with Crippen molar-refractivity contribution in [3.63, 3.8) is 0 Å². The van der Waals surface area contributed by atoms with Gasteiger partial charge in [0.25, 0.3) is 5.91 Å². The number of para-hydroxylation sites is 1. The number of alkyl halides is 1. The van der Waals surface area contributed by atoms with Crippen LogP contribution in [-0.4, -0.2) is 75.0 Å². The van der Waals surface area contributed by atoms with Gasteiger partial charge in [0.2, 0.25) is 5.91 Å². The topological polar surface area (TPSA) is 87.1 Å². The summed E-state index contributed by atoms with van der Waals surface area (Å²) >= 11 is 5.32. The van der Waals surface area contributed by atoms with Gasteiger partial charge in [-0.1, -0.05) is 52.9 Å². The van der Waals surface area contributed by atoms with Crippen molar-refractivity contribution in [1.82, 2.24) is 4.90 Å². The standard InChI is InChI=1S/C27H33BrN2O5S/c1-5-11-29(21-16(3)9-7-10-17(21)4)25(33)23-27-15-18(28)22(36-27)19(26(34)35-14-6-2)20(27)24(32)30(23)12-8-13-31/h5-7,9-10,18-20,22-23,31H,1-2,8,11-15H2,3-4H3/t18?,19-,20-,22-,23?,27?/m0/s1. The highest BCUT2D eigenvalue weighted by Gasteiger charge is 2.76. The van der Waals surface area contributed by atoms with Crippen LogP contribution in [0.1, 0.15) is 24.0 Å². The third-order valence-electron chi connectivity index (χ3n) is 7.48. The Morgan fingerprint density at radius 1 is 1.31 bits per heavy atom. The number of hydrogen-bond donors (Lipinski definition) is 1. The van der Waals surface area contributed by atoms with Crippen molar-refractivity contribution in [3.05, 3.63) is 54.6 Å². The summed E-state index contributed by atoms with van der Waals surface area (Å²) in [6, 6.07) is 5.11. The number of nitrogens with zero attached hydrogens (tertiary/aromatic N) is 2. The van der Waals surface area contributed by atoms with E-state index in [1.54, 1.807) is 27.6 Å². The van der Waals surface area contributed by atoms with Crippen LogP contribution in [0.4, 0.5) is 5.69 Å². The molecule has 0 saturated carbocycles. The van der Waals surface area contributed by atoms with Crippen molar-refractivity contribution in [2.75, 3.05) is 31.2 Å². The third kappa shape index (κ3) is 4.23. The zero-order chi connectivity index (χ0) is 26.2. The molecule has 6 atom stereocenters. The van der Waals surface area contributed by atoms with Crippen molar-refractivity contribution >= 4 is 51.2 Å². The molecule has 36 heavy (non-hydrogen) atoms. The molecule has 1 aromatic rings. The Labute approximate surface area is 225 Å². The monoisotopic (exact) mass is 576 g/mol. The van der Waals surface area contributed by atoms with Crippen molar-refractivity contribution in [2.24, 2.45) is 11.8 Å². The zero-order valence-electron chi connectivity index (χ0n) is 20.7. The Hall–Kier alpha value is -2.10. The molecule has 0 aliphatic carbocycles. The van der Waals surface area contributed by atoms with Crippen LogP contribution in [0.5, 0.6) is 0 Å². The minimum Gasteiger partial charge on any atom is -0.461 e. The van der Waals surface area contributed by atoms with E-state index < -0.39 is 28.6 Å². The summed E-state index contributed by atoms with van der Waals surface area (Å²) in [7, 11) is 0. The molecule has 3 fully saturated rings. The summed E-state index contributed by atoms with van der Waals surface area (Å²) in [4.78, 5) is 44.9. The van der Waals surface area contributed by atoms with Crippen molar-refractivity contribution in [3.8, 4) is 0 Å². The average Bonchev–Trinajstić information content (AvgIpc) is 3.43. The van der Waals surface area contributed by atoms with Crippen LogP contribution in [-0.2, 0) is 19.1 Å². The van der Waals surface area contributed by atoms with Crippen LogP contribution in [0.15, 0.2) is 43.5 Å². The molecule has 1 N–H and O–H groups in total. The number of amides is 2. The van der Waals surface area contributed by atoms with Crippen molar-refractivity contribution in [1.29, 1.82) is 0 Å². The summed E-state index contributed by atoms with van der Waals surface area (Å²) in [5.74, 6) is -2.13. The first-order valence-electron chi connectivity index (χ1n) is 12.2. The molecule has 3 aliphatic heterocycles. The summed E-state index contributed by atoms with van der Waals surface area (Å²) in [6.07, 6.45) is 4.13. The minimum absolute atomic E-state index is 0.0334. The lowest BCUT2D eigenvalue weighted by Crippen LogP contribution is -2.56. The maximum atomic E-state index is 14.5. The van der Waals surface area contributed by atoms with Gasteiger partial charge >= 0.3 is 5.97 Å². The van der Waals surface area contributed by atoms with E-state index in [2.05, 4.69) is 29.1 Å². The van der Waals surface area contributed by atoms with Gasteiger partial charge in [0, 0.05) is 35.5 Å². The molecular weight excluding hydrogens is 544 g/mol. The highest BCUT2D eigenvalue weighted by atomic mass is 79.9. The lowest BCUT2D eigenvalue weighted by molar-refractivity contribution is -0.153. The Kier molecular flexibility index (Phi) is 8.02. The first-order chi connectivity index (χ1) is 17.2. The second kappa shape index (κ2) is 10.7. The first-order valence-corrected chi connectivity index (χ1v) is 14.0. The van der Waals surface area contributed by atoms with E-state index in [-0.39, 0.29) is 41.6 Å². The van der Waals surface area contributed by atoms with Gasteiger partial charge in [-0.25, -0.2) is 0 Å². The van der Waals surface area contributed by atoms with E-state index in [0.29, 0.717) is 19.4 Å². The number of aliphatic hydroxyl groups excluding tert-OH is 1. The van der Waals surface area contributed by atoms with Gasteiger partial charge in [0.05, 0.1) is 16.6 Å².